The molecule has 5 aliphatic rings. The number of Topliss-reactive ketones (excluding diaryl/α,β-unsaturated/α-hetero) is 2. The summed E-state index contributed by atoms with van der Waals surface area (Å²) < 4.78 is 17.7. The fraction of sp³-hybridized carbons (Fsp3) is 0.778. The van der Waals surface area contributed by atoms with E-state index in [2.05, 4.69) is 5.32 Å². The molecular weight excluding hydrogens is 510 g/mol. The smallest absolute Gasteiger partial charge is 0.226 e. The molecule has 0 aromatic carbocycles. The molecule has 12 heteroatoms. The molecule has 0 aromatic rings. The van der Waals surface area contributed by atoms with Crippen molar-refractivity contribution >= 4 is 11.6 Å². The number of carbonyl (C=O) groups excluding carboxylic acids is 2. The Hall–Kier alpha value is -1.74. The van der Waals surface area contributed by atoms with Crippen molar-refractivity contribution in [3.63, 3.8) is 0 Å². The number of nitrogens with zero attached hydrogens (tertiary/aromatic N) is 2. The van der Waals surface area contributed by atoms with Gasteiger partial charge in [-0.1, -0.05) is 0 Å². The number of ketones is 2. The highest BCUT2D eigenvalue weighted by Gasteiger charge is 2.58. The van der Waals surface area contributed by atoms with Crippen LogP contribution in [0.5, 0.6) is 0 Å². The van der Waals surface area contributed by atoms with Gasteiger partial charge in [0.05, 0.1) is 37.5 Å². The number of hydrogen-bond acceptors (Lipinski definition) is 12. The minimum absolute atomic E-state index is 0.0299. The lowest BCUT2D eigenvalue weighted by molar-refractivity contribution is -0.261. The summed E-state index contributed by atoms with van der Waals surface area (Å²) >= 11 is 0. The minimum Gasteiger partial charge on any atom is -0.492 e. The topological polar surface area (TPSA) is 161 Å². The van der Waals surface area contributed by atoms with Crippen molar-refractivity contribution < 1.29 is 44.2 Å². The number of methoxy groups -OCH3 is 1. The largest absolute Gasteiger partial charge is 0.492 e. The van der Waals surface area contributed by atoms with Gasteiger partial charge in [0.25, 0.3) is 0 Å². The molecule has 5 N–H and O–H groups in total. The van der Waals surface area contributed by atoms with Crippen LogP contribution in [0.25, 0.3) is 0 Å². The number of aliphatic hydroxyl groups excluding tert-OH is 2. The van der Waals surface area contributed by atoms with Gasteiger partial charge in [-0.2, -0.15) is 0 Å². The van der Waals surface area contributed by atoms with Crippen molar-refractivity contribution in [2.75, 3.05) is 27.8 Å². The maximum Gasteiger partial charge on any atom is 0.226 e. The summed E-state index contributed by atoms with van der Waals surface area (Å²) in [6, 6.07) is -2.44. The van der Waals surface area contributed by atoms with E-state index in [-0.39, 0.29) is 54.3 Å². The lowest BCUT2D eigenvalue weighted by Gasteiger charge is -2.53. The molecule has 0 unspecified atom stereocenters. The van der Waals surface area contributed by atoms with Gasteiger partial charge in [-0.3, -0.25) is 14.5 Å². The van der Waals surface area contributed by atoms with Crippen LogP contribution < -0.4 is 5.32 Å². The van der Waals surface area contributed by atoms with Gasteiger partial charge in [-0.15, -0.1) is 0 Å². The van der Waals surface area contributed by atoms with Gasteiger partial charge >= 0.3 is 0 Å². The number of aliphatic hydroxyl groups is 4. The molecule has 0 saturated carbocycles. The van der Waals surface area contributed by atoms with Gasteiger partial charge in [-0.25, -0.2) is 0 Å². The molecule has 12 nitrogen and oxygen atoms in total. The van der Waals surface area contributed by atoms with E-state index in [1.807, 2.05) is 25.9 Å². The van der Waals surface area contributed by atoms with Crippen molar-refractivity contribution in [1.29, 1.82) is 0 Å². The average molecular weight is 552 g/mol. The van der Waals surface area contributed by atoms with Gasteiger partial charge < -0.3 is 44.9 Å². The first kappa shape index (κ1) is 28.8. The fourth-order valence-electron chi connectivity index (χ4n) is 7.84. The van der Waals surface area contributed by atoms with Crippen molar-refractivity contribution in [2.45, 2.75) is 101 Å². The zero-order valence-electron chi connectivity index (χ0n) is 23.3. The highest BCUT2D eigenvalue weighted by molar-refractivity contribution is 6.25. The molecule has 5 rings (SSSR count). The average Bonchev–Trinajstić information content (AvgIpc) is 3.25. The lowest BCUT2D eigenvalue weighted by atomic mass is 9.75. The SMILES string of the molecule is COC1=C(C)C(=O)C2=C(C1=O)[C@H](CO[C@H]1C[C@](C)(O)[C@H](N(C)C)[C@H](C)O1)N1[C@@H](O)[C@H]3C[C@@H](C(O)O)[C@H](N3)[C@@H]1C2. The van der Waals surface area contributed by atoms with Crippen molar-refractivity contribution in [1.82, 2.24) is 15.1 Å². The van der Waals surface area contributed by atoms with Crippen molar-refractivity contribution in [3.05, 3.63) is 22.5 Å². The summed E-state index contributed by atoms with van der Waals surface area (Å²) in [7, 11) is 5.10. The third-order valence-corrected chi connectivity index (χ3v) is 9.31. The molecule has 4 aliphatic heterocycles. The van der Waals surface area contributed by atoms with E-state index in [0.29, 0.717) is 12.0 Å². The van der Waals surface area contributed by atoms with E-state index in [1.54, 1.807) is 18.7 Å². The van der Waals surface area contributed by atoms with E-state index < -0.39 is 60.3 Å². The van der Waals surface area contributed by atoms with Crippen LogP contribution in [0.15, 0.2) is 22.5 Å². The Kier molecular flexibility index (Phi) is 7.58. The van der Waals surface area contributed by atoms with Crippen LogP contribution in [0.4, 0.5) is 0 Å². The molecule has 3 saturated heterocycles. The molecule has 0 aromatic heterocycles. The minimum atomic E-state index is -1.60. The number of nitrogens with one attached hydrogen (secondary N) is 1. The molecule has 3 fully saturated rings. The third-order valence-electron chi connectivity index (χ3n) is 9.31. The molecule has 2 bridgehead atoms. The standard InChI is InChI=1S/C27H41N3O9/c1-11-21(31)13-8-16-20-14(26(34)35)7-15(28-20)25(33)30(16)17(19(13)22(32)23(11)37-6)10-38-18-9-27(3,36)24(29(4)5)12(2)39-18/h12,14-18,20,24-26,28,33-36H,7-10H2,1-6H3/t12-,14+,15+,16-,17-,18+,20-,24+,25-,27-/m0/s1. The van der Waals surface area contributed by atoms with Crippen LogP contribution in [0, 0.1) is 5.92 Å². The molecule has 39 heavy (non-hydrogen) atoms. The Balaban J connectivity index is 1.49. The van der Waals surface area contributed by atoms with E-state index in [9.17, 15) is 30.0 Å². The van der Waals surface area contributed by atoms with Crippen LogP contribution in [0.3, 0.4) is 0 Å². The number of carbonyl (C=O) groups is 2. The number of rotatable bonds is 6. The van der Waals surface area contributed by atoms with E-state index in [0.717, 1.165) is 0 Å². The maximum absolute atomic E-state index is 13.7. The molecule has 0 spiro atoms. The number of allylic oxidation sites excluding steroid dienone is 2. The molecule has 10 atom stereocenters. The van der Waals surface area contributed by atoms with Gasteiger partial charge in [0.1, 0.15) is 6.23 Å². The molecule has 4 heterocycles. The predicted octanol–water partition coefficient (Wildman–Crippen LogP) is -1.38. The number of ether oxygens (including phenoxy) is 3. The molecule has 218 valence electrons. The predicted molar refractivity (Wildman–Crippen MR) is 137 cm³/mol. The van der Waals surface area contributed by atoms with E-state index in [4.69, 9.17) is 14.2 Å². The van der Waals surface area contributed by atoms with Crippen molar-refractivity contribution in [3.8, 4) is 0 Å². The highest BCUT2D eigenvalue weighted by atomic mass is 16.7. The van der Waals surface area contributed by atoms with Gasteiger partial charge in [0.2, 0.25) is 5.78 Å². The number of piperazine rings is 1. The maximum atomic E-state index is 13.7. The Labute approximate surface area is 228 Å². The van der Waals surface area contributed by atoms with Crippen LogP contribution in [-0.2, 0) is 23.8 Å². The molecule has 0 radical (unpaired) electrons. The molecular formula is C27H41N3O9. The Morgan fingerprint density at radius 3 is 2.54 bits per heavy atom. The van der Waals surface area contributed by atoms with Crippen LogP contribution >= 0.6 is 0 Å². The second-order valence-electron chi connectivity index (χ2n) is 12.0. The summed E-state index contributed by atoms with van der Waals surface area (Å²) in [4.78, 5) is 30.9. The second kappa shape index (κ2) is 10.3. The highest BCUT2D eigenvalue weighted by Crippen LogP contribution is 2.45. The normalized spacial score (nSPS) is 42.9. The van der Waals surface area contributed by atoms with Crippen LogP contribution in [-0.4, -0.2) is 130 Å². The third kappa shape index (κ3) is 4.59. The number of fused-ring (bicyclic) bond motifs is 4. The van der Waals surface area contributed by atoms with E-state index >= 15 is 0 Å². The fourth-order valence-corrected chi connectivity index (χ4v) is 7.84. The second-order valence-corrected chi connectivity index (χ2v) is 12.0. The monoisotopic (exact) mass is 551 g/mol. The first-order valence-electron chi connectivity index (χ1n) is 13.6. The number of likely N-dealkylation sites (N-methyl/N-ethyl adjacent to an activating group) is 1. The summed E-state index contributed by atoms with van der Waals surface area (Å²) in [5, 5.41) is 46.1. The zero-order valence-corrected chi connectivity index (χ0v) is 23.3. The zero-order chi connectivity index (χ0) is 28.5. The van der Waals surface area contributed by atoms with Crippen LogP contribution in [0.1, 0.15) is 40.0 Å². The summed E-state index contributed by atoms with van der Waals surface area (Å²) in [5.41, 5.74) is -0.335. The Bertz CT molecular complexity index is 1090. The Morgan fingerprint density at radius 2 is 1.95 bits per heavy atom. The Morgan fingerprint density at radius 1 is 1.26 bits per heavy atom. The summed E-state index contributed by atoms with van der Waals surface area (Å²) in [5.74, 6) is -1.31. The van der Waals surface area contributed by atoms with Crippen LogP contribution in [0.2, 0.25) is 0 Å². The van der Waals surface area contributed by atoms with Crippen molar-refractivity contribution in [2.24, 2.45) is 5.92 Å². The molecule has 0 amide bonds. The molecule has 1 aliphatic carbocycles. The quantitative estimate of drug-likeness (QED) is 0.195. The van der Waals surface area contributed by atoms with Gasteiger partial charge in [0.15, 0.2) is 24.1 Å². The van der Waals surface area contributed by atoms with Gasteiger partial charge in [0, 0.05) is 47.2 Å². The van der Waals surface area contributed by atoms with Gasteiger partial charge in [-0.05, 0) is 47.7 Å². The lowest BCUT2D eigenvalue weighted by Crippen LogP contribution is -2.70. The first-order valence-corrected chi connectivity index (χ1v) is 13.6. The summed E-state index contributed by atoms with van der Waals surface area (Å²) in [6.45, 7) is 5.07. The number of hydrogen-bond donors (Lipinski definition) is 5. The van der Waals surface area contributed by atoms with E-state index in [1.165, 1.54) is 7.11 Å². The summed E-state index contributed by atoms with van der Waals surface area (Å²) in [6.07, 6.45) is -3.12. The first-order chi connectivity index (χ1) is 18.3.